The second-order valence-electron chi connectivity index (χ2n) is 4.59. The van der Waals surface area contributed by atoms with Crippen molar-refractivity contribution in [3.05, 3.63) is 63.1 Å². The van der Waals surface area contributed by atoms with Crippen molar-refractivity contribution in [3.8, 4) is 0 Å². The molecule has 0 radical (unpaired) electrons. The molecule has 0 aliphatic carbocycles. The van der Waals surface area contributed by atoms with Gasteiger partial charge < -0.3 is 0 Å². The lowest BCUT2D eigenvalue weighted by atomic mass is 10.1. The molecule has 2 aromatic carbocycles. The normalized spacial score (nSPS) is 13.1. The van der Waals surface area contributed by atoms with E-state index in [1.54, 1.807) is 6.07 Å². The molecule has 2 rings (SSSR count). The number of benzene rings is 2. The second-order valence-corrected chi connectivity index (χ2v) is 7.60. The Morgan fingerprint density at radius 2 is 1.82 bits per heavy atom. The fourth-order valence-electron chi connectivity index (χ4n) is 1.84. The topological polar surface area (TPSA) is 46.2 Å². The number of halogens is 4. The Morgan fingerprint density at radius 1 is 1.14 bits per heavy atom. The first-order chi connectivity index (χ1) is 10.2. The summed E-state index contributed by atoms with van der Waals surface area (Å²) in [5.74, 6) is -2.03. The number of rotatable bonds is 4. The molecule has 8 heteroatoms. The van der Waals surface area contributed by atoms with Crippen molar-refractivity contribution in [1.82, 2.24) is 4.72 Å². The largest absolute Gasteiger partial charge is 0.242 e. The van der Waals surface area contributed by atoms with Crippen LogP contribution in [0.2, 0.25) is 5.02 Å². The van der Waals surface area contributed by atoms with E-state index >= 15 is 0 Å². The van der Waals surface area contributed by atoms with Gasteiger partial charge >= 0.3 is 0 Å². The van der Waals surface area contributed by atoms with E-state index in [1.165, 1.54) is 25.1 Å². The highest BCUT2D eigenvalue weighted by atomic mass is 79.9. The van der Waals surface area contributed by atoms with E-state index in [9.17, 15) is 17.2 Å². The van der Waals surface area contributed by atoms with Crippen LogP contribution in [0, 0.1) is 11.6 Å². The highest BCUT2D eigenvalue weighted by molar-refractivity contribution is 9.10. The van der Waals surface area contributed by atoms with Crippen LogP contribution in [0.15, 0.2) is 45.8 Å². The summed E-state index contributed by atoms with van der Waals surface area (Å²) in [6, 6.07) is 6.82. The molecule has 2 aromatic rings. The second kappa shape index (κ2) is 6.62. The standard InChI is InChI=1S/C14H11BrClF2NO2S/c1-8(9-2-4-12(17)13(18)6-9)19-22(20,21)14-5-3-10(15)7-11(14)16/h2-8,19H,1H3/t8-/m1/s1. The molecule has 0 saturated carbocycles. The van der Waals surface area contributed by atoms with Crippen LogP contribution < -0.4 is 4.72 Å². The summed E-state index contributed by atoms with van der Waals surface area (Å²) in [6.45, 7) is 1.52. The monoisotopic (exact) mass is 409 g/mol. The van der Waals surface area contributed by atoms with Crippen molar-refractivity contribution in [2.45, 2.75) is 17.9 Å². The van der Waals surface area contributed by atoms with E-state index in [0.29, 0.717) is 10.0 Å². The van der Waals surface area contributed by atoms with Gasteiger partial charge in [-0.05, 0) is 42.8 Å². The van der Waals surface area contributed by atoms with Gasteiger partial charge in [0.1, 0.15) is 4.90 Å². The van der Waals surface area contributed by atoms with Gasteiger partial charge in [-0.25, -0.2) is 21.9 Å². The predicted octanol–water partition coefficient (Wildman–Crippen LogP) is 4.42. The summed E-state index contributed by atoms with van der Waals surface area (Å²) >= 11 is 9.12. The van der Waals surface area contributed by atoms with E-state index in [-0.39, 0.29) is 9.92 Å². The maximum absolute atomic E-state index is 13.2. The third-order valence-electron chi connectivity index (χ3n) is 2.96. The summed E-state index contributed by atoms with van der Waals surface area (Å²) in [4.78, 5) is -0.0909. The highest BCUT2D eigenvalue weighted by Crippen LogP contribution is 2.26. The van der Waals surface area contributed by atoms with Gasteiger partial charge in [0.05, 0.1) is 5.02 Å². The van der Waals surface area contributed by atoms with Gasteiger partial charge in [-0.15, -0.1) is 0 Å². The van der Waals surface area contributed by atoms with Crippen molar-refractivity contribution < 1.29 is 17.2 Å². The van der Waals surface area contributed by atoms with E-state index in [1.807, 2.05) is 0 Å². The van der Waals surface area contributed by atoms with Gasteiger partial charge in [0.25, 0.3) is 0 Å². The summed E-state index contributed by atoms with van der Waals surface area (Å²) in [6.07, 6.45) is 0. The third-order valence-corrected chi connectivity index (χ3v) is 5.48. The molecular formula is C14H11BrClF2NO2S. The molecule has 0 unspecified atom stereocenters. The van der Waals surface area contributed by atoms with Gasteiger partial charge in [-0.1, -0.05) is 33.6 Å². The first-order valence-corrected chi connectivity index (χ1v) is 8.78. The minimum Gasteiger partial charge on any atom is -0.207 e. The van der Waals surface area contributed by atoms with Crippen molar-refractivity contribution in [2.24, 2.45) is 0 Å². The Hall–Kier alpha value is -1.02. The molecule has 0 amide bonds. The average Bonchev–Trinajstić information content (AvgIpc) is 2.40. The van der Waals surface area contributed by atoms with Gasteiger partial charge in [0, 0.05) is 10.5 Å². The average molecular weight is 411 g/mol. The van der Waals surface area contributed by atoms with Crippen LogP contribution in [0.3, 0.4) is 0 Å². The molecule has 0 bridgehead atoms. The summed E-state index contributed by atoms with van der Waals surface area (Å²) in [5.41, 5.74) is 0.302. The Balaban J connectivity index is 2.29. The van der Waals surface area contributed by atoms with Crippen molar-refractivity contribution in [3.63, 3.8) is 0 Å². The quantitative estimate of drug-likeness (QED) is 0.811. The van der Waals surface area contributed by atoms with Crippen LogP contribution in [-0.4, -0.2) is 8.42 Å². The summed E-state index contributed by atoms with van der Waals surface area (Å²) in [5, 5.41) is 0.0550. The predicted molar refractivity (Wildman–Crippen MR) is 84.2 cm³/mol. The Kier molecular flexibility index (Phi) is 5.21. The lowest BCUT2D eigenvalue weighted by molar-refractivity contribution is 0.504. The third kappa shape index (κ3) is 3.84. The van der Waals surface area contributed by atoms with Crippen LogP contribution in [0.5, 0.6) is 0 Å². The summed E-state index contributed by atoms with van der Waals surface area (Å²) in [7, 11) is -3.90. The molecule has 1 atom stereocenters. The molecule has 118 valence electrons. The molecule has 0 aromatic heterocycles. The van der Waals surface area contributed by atoms with Gasteiger partial charge in [-0.2, -0.15) is 0 Å². The molecule has 22 heavy (non-hydrogen) atoms. The van der Waals surface area contributed by atoms with E-state index in [2.05, 4.69) is 20.7 Å². The van der Waals surface area contributed by atoms with E-state index < -0.39 is 27.7 Å². The van der Waals surface area contributed by atoms with Crippen LogP contribution in [0.25, 0.3) is 0 Å². The maximum atomic E-state index is 13.2. The van der Waals surface area contributed by atoms with Gasteiger partial charge in [-0.3, -0.25) is 0 Å². The minimum absolute atomic E-state index is 0.0550. The minimum atomic E-state index is -3.90. The zero-order chi connectivity index (χ0) is 16.5. The zero-order valence-corrected chi connectivity index (χ0v) is 14.4. The number of hydrogen-bond acceptors (Lipinski definition) is 2. The molecule has 0 spiro atoms. The molecule has 3 nitrogen and oxygen atoms in total. The van der Waals surface area contributed by atoms with Crippen molar-refractivity contribution in [2.75, 3.05) is 0 Å². The molecule has 1 N–H and O–H groups in total. The lowest BCUT2D eigenvalue weighted by Crippen LogP contribution is -2.27. The highest BCUT2D eigenvalue weighted by Gasteiger charge is 2.21. The van der Waals surface area contributed by atoms with Crippen molar-refractivity contribution >= 4 is 37.6 Å². The van der Waals surface area contributed by atoms with Crippen LogP contribution >= 0.6 is 27.5 Å². The molecular weight excluding hydrogens is 400 g/mol. The molecule has 0 heterocycles. The van der Waals surface area contributed by atoms with Gasteiger partial charge in [0.15, 0.2) is 11.6 Å². The molecule has 0 saturated heterocycles. The Bertz CT molecular complexity index is 814. The van der Waals surface area contributed by atoms with Crippen LogP contribution in [-0.2, 0) is 10.0 Å². The molecule has 0 fully saturated rings. The number of sulfonamides is 1. The smallest absolute Gasteiger partial charge is 0.207 e. The van der Waals surface area contributed by atoms with Crippen molar-refractivity contribution in [1.29, 1.82) is 0 Å². The van der Waals surface area contributed by atoms with Gasteiger partial charge in [0.2, 0.25) is 10.0 Å². The van der Waals surface area contributed by atoms with Crippen LogP contribution in [0.1, 0.15) is 18.5 Å². The lowest BCUT2D eigenvalue weighted by Gasteiger charge is -2.15. The first kappa shape index (κ1) is 17.3. The Morgan fingerprint density at radius 3 is 2.41 bits per heavy atom. The fourth-order valence-corrected chi connectivity index (χ4v) is 4.11. The molecule has 0 aliphatic heterocycles. The maximum Gasteiger partial charge on any atom is 0.242 e. The number of hydrogen-bond donors (Lipinski definition) is 1. The fraction of sp³-hybridized carbons (Fsp3) is 0.143. The Labute approximate surface area is 140 Å². The van der Waals surface area contributed by atoms with Crippen LogP contribution in [0.4, 0.5) is 8.78 Å². The zero-order valence-electron chi connectivity index (χ0n) is 11.3. The molecule has 0 aliphatic rings. The summed E-state index contributed by atoms with van der Waals surface area (Å²) < 4.78 is 53.8. The first-order valence-electron chi connectivity index (χ1n) is 6.13. The SMILES string of the molecule is C[C@@H](NS(=O)(=O)c1ccc(Br)cc1Cl)c1ccc(F)c(F)c1. The van der Waals surface area contributed by atoms with E-state index in [0.717, 1.165) is 12.1 Å². The van der Waals surface area contributed by atoms with E-state index in [4.69, 9.17) is 11.6 Å². The number of nitrogens with one attached hydrogen (secondary N) is 1.